The van der Waals surface area contributed by atoms with Gasteiger partial charge < -0.3 is 14.4 Å². The summed E-state index contributed by atoms with van der Waals surface area (Å²) in [6.07, 6.45) is 2.01. The van der Waals surface area contributed by atoms with Crippen LogP contribution < -0.4 is 10.2 Å². The molecule has 18 heavy (non-hydrogen) atoms. The highest BCUT2D eigenvalue weighted by Crippen LogP contribution is 2.09. The van der Waals surface area contributed by atoms with Crippen LogP contribution in [0.3, 0.4) is 0 Å². The third-order valence-electron chi connectivity index (χ3n) is 2.45. The highest BCUT2D eigenvalue weighted by atomic mass is 35.5. The second-order valence-corrected chi connectivity index (χ2v) is 4.03. The van der Waals surface area contributed by atoms with E-state index in [-0.39, 0.29) is 30.1 Å². The number of aliphatic carboxylic acids is 1. The molecule has 0 saturated carbocycles. The summed E-state index contributed by atoms with van der Waals surface area (Å²) in [7, 11) is 0. The molecule has 6 heteroatoms. The molecule has 0 aliphatic heterocycles. The van der Waals surface area contributed by atoms with Crippen molar-refractivity contribution in [2.75, 3.05) is 6.61 Å². The number of nitrogens with zero attached hydrogens (tertiary/aromatic N) is 1. The molecule has 0 unspecified atom stereocenters. The van der Waals surface area contributed by atoms with Gasteiger partial charge in [-0.15, -0.1) is 11.6 Å². The van der Waals surface area contributed by atoms with Gasteiger partial charge in [-0.1, -0.05) is 0 Å². The molecule has 0 radical (unpaired) electrons. The Labute approximate surface area is 110 Å². The molecule has 0 amide bonds. The lowest BCUT2D eigenvalue weighted by molar-refractivity contribution is -0.137. The van der Waals surface area contributed by atoms with Gasteiger partial charge in [0.15, 0.2) is 5.75 Å². The molecular formula is C12H16ClNO4. The van der Waals surface area contributed by atoms with Crippen LogP contribution in [0.15, 0.2) is 17.1 Å². The number of halogens is 1. The molecule has 1 aromatic rings. The fraction of sp³-hybridized carbons (Fsp3) is 0.500. The van der Waals surface area contributed by atoms with Crippen molar-refractivity contribution in [1.82, 2.24) is 4.57 Å². The number of ether oxygens (including phenoxy) is 1. The Morgan fingerprint density at radius 1 is 1.56 bits per heavy atom. The number of aryl methyl sites for hydroxylation is 1. The highest BCUT2D eigenvalue weighted by molar-refractivity contribution is 6.16. The Balaban J connectivity index is 2.71. The van der Waals surface area contributed by atoms with E-state index in [9.17, 15) is 9.59 Å². The second-order valence-electron chi connectivity index (χ2n) is 3.76. The maximum absolute atomic E-state index is 11.7. The monoisotopic (exact) mass is 273 g/mol. The third-order valence-corrected chi connectivity index (χ3v) is 2.73. The van der Waals surface area contributed by atoms with Gasteiger partial charge in [-0.3, -0.25) is 9.59 Å². The van der Waals surface area contributed by atoms with Crippen molar-refractivity contribution < 1.29 is 14.6 Å². The summed E-state index contributed by atoms with van der Waals surface area (Å²) in [5.41, 5.74) is 0.507. The summed E-state index contributed by atoms with van der Waals surface area (Å²) >= 11 is 5.73. The molecule has 1 N–H and O–H groups in total. The fourth-order valence-corrected chi connectivity index (χ4v) is 1.75. The SMILES string of the molecule is CCn1cc(OCCCC(=O)O)c(=O)cc1CCl. The van der Waals surface area contributed by atoms with Crippen molar-refractivity contribution in [2.45, 2.75) is 32.2 Å². The van der Waals surface area contributed by atoms with E-state index in [0.717, 1.165) is 5.69 Å². The maximum Gasteiger partial charge on any atom is 0.303 e. The first kappa shape index (κ1) is 14.6. The topological polar surface area (TPSA) is 68.5 Å². The summed E-state index contributed by atoms with van der Waals surface area (Å²) in [4.78, 5) is 22.0. The average Bonchev–Trinajstić information content (AvgIpc) is 2.35. The minimum Gasteiger partial charge on any atom is -0.488 e. The molecule has 0 spiro atoms. The van der Waals surface area contributed by atoms with Gasteiger partial charge in [-0.25, -0.2) is 0 Å². The number of hydrogen-bond donors (Lipinski definition) is 1. The van der Waals surface area contributed by atoms with E-state index in [1.165, 1.54) is 6.07 Å². The summed E-state index contributed by atoms with van der Waals surface area (Å²) in [6.45, 7) is 2.84. The van der Waals surface area contributed by atoms with E-state index in [1.54, 1.807) is 6.20 Å². The maximum atomic E-state index is 11.7. The largest absolute Gasteiger partial charge is 0.488 e. The van der Waals surface area contributed by atoms with Crippen LogP contribution in [0.5, 0.6) is 5.75 Å². The van der Waals surface area contributed by atoms with E-state index in [0.29, 0.717) is 13.0 Å². The van der Waals surface area contributed by atoms with Crippen molar-refractivity contribution in [3.63, 3.8) is 0 Å². The number of alkyl halides is 1. The molecule has 0 atom stereocenters. The van der Waals surface area contributed by atoms with Crippen LogP contribution in [0.4, 0.5) is 0 Å². The van der Waals surface area contributed by atoms with Crippen LogP contribution in [0.1, 0.15) is 25.5 Å². The normalized spacial score (nSPS) is 10.3. The Bertz CT molecular complexity index is 470. The molecule has 1 heterocycles. The van der Waals surface area contributed by atoms with Crippen LogP contribution in [-0.4, -0.2) is 22.2 Å². The number of hydrogen-bond acceptors (Lipinski definition) is 3. The summed E-state index contributed by atoms with van der Waals surface area (Å²) in [6, 6.07) is 1.45. The Morgan fingerprint density at radius 3 is 2.83 bits per heavy atom. The third kappa shape index (κ3) is 4.07. The quantitative estimate of drug-likeness (QED) is 0.608. The highest BCUT2D eigenvalue weighted by Gasteiger charge is 2.06. The van der Waals surface area contributed by atoms with Gasteiger partial charge in [-0.2, -0.15) is 0 Å². The number of carboxylic acids is 1. The van der Waals surface area contributed by atoms with Gasteiger partial charge in [-0.05, 0) is 13.3 Å². The molecule has 5 nitrogen and oxygen atoms in total. The van der Waals surface area contributed by atoms with Crippen molar-refractivity contribution >= 4 is 17.6 Å². The standard InChI is InChI=1S/C12H16ClNO4/c1-2-14-8-11(10(15)6-9(14)7-13)18-5-3-4-12(16)17/h6,8H,2-5,7H2,1H3,(H,16,17). The average molecular weight is 274 g/mol. The lowest BCUT2D eigenvalue weighted by atomic mass is 10.3. The molecule has 0 aliphatic carbocycles. The van der Waals surface area contributed by atoms with Gasteiger partial charge in [0, 0.05) is 24.7 Å². The smallest absolute Gasteiger partial charge is 0.303 e. The molecule has 0 fully saturated rings. The number of carboxylic acid groups (broad SMARTS) is 1. The van der Waals surface area contributed by atoms with Gasteiger partial charge in [0.25, 0.3) is 0 Å². The van der Waals surface area contributed by atoms with Crippen LogP contribution in [0.25, 0.3) is 0 Å². The summed E-state index contributed by atoms with van der Waals surface area (Å²) in [5.74, 6) is -0.374. The zero-order valence-corrected chi connectivity index (χ0v) is 10.9. The Kier molecular flexibility index (Phi) is 5.71. The van der Waals surface area contributed by atoms with Crippen LogP contribution >= 0.6 is 11.6 Å². The van der Waals surface area contributed by atoms with Gasteiger partial charge in [0.05, 0.1) is 18.7 Å². The first-order valence-corrected chi connectivity index (χ1v) is 6.25. The predicted molar refractivity (Wildman–Crippen MR) is 68.3 cm³/mol. The summed E-state index contributed by atoms with van der Waals surface area (Å²) in [5, 5.41) is 8.48. The minimum absolute atomic E-state index is 0.0295. The Hall–Kier alpha value is -1.49. The molecular weight excluding hydrogens is 258 g/mol. The van der Waals surface area contributed by atoms with Crippen LogP contribution in [-0.2, 0) is 17.2 Å². The Morgan fingerprint density at radius 2 is 2.28 bits per heavy atom. The number of carbonyl (C=O) groups is 1. The number of pyridine rings is 1. The fourth-order valence-electron chi connectivity index (χ4n) is 1.52. The molecule has 0 aliphatic rings. The van der Waals surface area contributed by atoms with Gasteiger partial charge >= 0.3 is 5.97 Å². The van der Waals surface area contributed by atoms with E-state index in [1.807, 2.05) is 11.5 Å². The van der Waals surface area contributed by atoms with E-state index < -0.39 is 5.97 Å². The van der Waals surface area contributed by atoms with Crippen molar-refractivity contribution in [1.29, 1.82) is 0 Å². The van der Waals surface area contributed by atoms with Crippen LogP contribution in [0, 0.1) is 0 Å². The zero-order valence-electron chi connectivity index (χ0n) is 10.2. The van der Waals surface area contributed by atoms with E-state index in [2.05, 4.69) is 0 Å². The lowest BCUT2D eigenvalue weighted by Gasteiger charge is -2.12. The molecule has 1 aromatic heterocycles. The number of aromatic nitrogens is 1. The van der Waals surface area contributed by atoms with E-state index >= 15 is 0 Å². The molecule has 1 rings (SSSR count). The summed E-state index contributed by atoms with van der Waals surface area (Å²) < 4.78 is 7.12. The van der Waals surface area contributed by atoms with Crippen LogP contribution in [0.2, 0.25) is 0 Å². The van der Waals surface area contributed by atoms with Crippen molar-refractivity contribution in [3.05, 3.63) is 28.2 Å². The first-order valence-electron chi connectivity index (χ1n) is 5.72. The van der Waals surface area contributed by atoms with Crippen molar-refractivity contribution in [2.24, 2.45) is 0 Å². The first-order chi connectivity index (χ1) is 8.58. The molecule has 0 aromatic carbocycles. The lowest BCUT2D eigenvalue weighted by Crippen LogP contribution is -2.15. The zero-order chi connectivity index (χ0) is 13.5. The predicted octanol–water partition coefficient (Wildman–Crippen LogP) is 1.85. The van der Waals surface area contributed by atoms with Crippen molar-refractivity contribution in [3.8, 4) is 5.75 Å². The number of rotatable bonds is 7. The van der Waals surface area contributed by atoms with Gasteiger partial charge in [0.2, 0.25) is 5.43 Å². The second kappa shape index (κ2) is 7.06. The minimum atomic E-state index is -0.873. The molecule has 100 valence electrons. The molecule has 0 saturated heterocycles. The van der Waals surface area contributed by atoms with Gasteiger partial charge in [0.1, 0.15) is 0 Å². The van der Waals surface area contributed by atoms with E-state index in [4.69, 9.17) is 21.4 Å². The molecule has 0 bridgehead atoms.